The van der Waals surface area contributed by atoms with Gasteiger partial charge in [0, 0.05) is 36.3 Å². The maximum atomic E-state index is 12.9. The Kier molecular flexibility index (Phi) is 6.62. The summed E-state index contributed by atoms with van der Waals surface area (Å²) >= 11 is 6.53. The number of carbonyl (C=O) groups excluding carboxylic acids is 2. The molecule has 1 aliphatic carbocycles. The number of hydrogen-bond donors (Lipinski definition) is 1. The van der Waals surface area contributed by atoms with Crippen molar-refractivity contribution in [2.75, 3.05) is 13.1 Å². The lowest BCUT2D eigenvalue weighted by molar-refractivity contribution is -0.143. The van der Waals surface area contributed by atoms with Gasteiger partial charge in [-0.05, 0) is 61.1 Å². The van der Waals surface area contributed by atoms with Gasteiger partial charge in [-0.25, -0.2) is 9.50 Å². The van der Waals surface area contributed by atoms with E-state index in [4.69, 9.17) is 16.3 Å². The number of hydrogen-bond acceptors (Lipinski definition) is 6. The van der Waals surface area contributed by atoms with Crippen LogP contribution in [0.4, 0.5) is 0 Å². The molecule has 2 amide bonds. The number of nitrogens with one attached hydrogen (secondary N) is 1. The predicted molar refractivity (Wildman–Crippen MR) is 147 cm³/mol. The second-order valence-corrected chi connectivity index (χ2v) is 12.3. The van der Waals surface area contributed by atoms with Gasteiger partial charge in [-0.2, -0.15) is 5.10 Å². The highest BCUT2D eigenvalue weighted by molar-refractivity contribution is 6.31. The summed E-state index contributed by atoms with van der Waals surface area (Å²) in [7, 11) is 0. The van der Waals surface area contributed by atoms with E-state index in [2.05, 4.69) is 36.2 Å². The van der Waals surface area contributed by atoms with Crippen molar-refractivity contribution in [3.63, 3.8) is 0 Å². The van der Waals surface area contributed by atoms with Gasteiger partial charge >= 0.3 is 0 Å². The molecule has 2 saturated heterocycles. The van der Waals surface area contributed by atoms with Crippen LogP contribution in [0.3, 0.4) is 0 Å². The van der Waals surface area contributed by atoms with Crippen molar-refractivity contribution in [2.45, 2.75) is 59.3 Å². The van der Waals surface area contributed by atoms with Crippen molar-refractivity contribution in [3.05, 3.63) is 52.4 Å². The molecule has 0 radical (unpaired) electrons. The molecule has 3 aliphatic rings. The molecule has 1 saturated carbocycles. The minimum atomic E-state index is -0.234. The quantitative estimate of drug-likeness (QED) is 0.472. The number of nitrogens with zero attached hydrogens (tertiary/aromatic N) is 4. The zero-order chi connectivity index (χ0) is 26.3. The summed E-state index contributed by atoms with van der Waals surface area (Å²) in [5, 5.41) is 8.52. The third-order valence-electron chi connectivity index (χ3n) is 8.23. The number of piperidine rings is 1. The fraction of sp³-hybridized carbons (Fsp3) is 0.500. The minimum Gasteiger partial charge on any atom is -0.369 e. The highest BCUT2D eigenvalue weighted by Crippen LogP contribution is 2.63. The molecular formula is C28H33Cl2N5O3. The Labute approximate surface area is 233 Å². The fourth-order valence-corrected chi connectivity index (χ4v) is 6.56. The molecule has 1 aromatic carbocycles. The zero-order valence-corrected chi connectivity index (χ0v) is 23.8. The summed E-state index contributed by atoms with van der Waals surface area (Å²) in [4.78, 5) is 31.8. The molecule has 1 N–H and O–H groups in total. The number of aromatic nitrogens is 3. The van der Waals surface area contributed by atoms with E-state index in [0.717, 1.165) is 46.6 Å². The number of amides is 2. The highest BCUT2D eigenvalue weighted by atomic mass is 35.5. The number of ether oxygens (including phenoxy) is 1. The van der Waals surface area contributed by atoms with Gasteiger partial charge in [-0.15, -0.1) is 12.4 Å². The van der Waals surface area contributed by atoms with Crippen LogP contribution in [0.2, 0.25) is 5.02 Å². The summed E-state index contributed by atoms with van der Waals surface area (Å²) in [6.07, 6.45) is 4.13. The largest absolute Gasteiger partial charge is 0.369 e. The van der Waals surface area contributed by atoms with Gasteiger partial charge in [-0.1, -0.05) is 25.4 Å². The lowest BCUT2D eigenvalue weighted by atomic mass is 9.93. The second-order valence-electron chi connectivity index (χ2n) is 11.9. The summed E-state index contributed by atoms with van der Waals surface area (Å²) < 4.78 is 8.12. The van der Waals surface area contributed by atoms with E-state index in [1.807, 2.05) is 38.2 Å². The number of benzene rings is 1. The summed E-state index contributed by atoms with van der Waals surface area (Å²) in [6.45, 7) is 12.1. The number of aryl methyl sites for hydroxylation is 1. The lowest BCUT2D eigenvalue weighted by Gasteiger charge is -2.37. The molecule has 3 atom stereocenters. The van der Waals surface area contributed by atoms with Crippen molar-refractivity contribution in [2.24, 2.45) is 17.3 Å². The molecule has 3 aromatic rings. The van der Waals surface area contributed by atoms with E-state index in [9.17, 15) is 9.59 Å². The van der Waals surface area contributed by atoms with Gasteiger partial charge in [0.2, 0.25) is 11.8 Å². The number of halogens is 2. The summed E-state index contributed by atoms with van der Waals surface area (Å²) in [5.41, 5.74) is 5.08. The standard InChI is InChI=1S/C28H32ClN5O3.ClH/c1-15-6-17(29)8-20(19(15)9-18-10-30-13-27(2,3)37-18)24-21-7-16(12-34(21)32-14-31-24)11-33-25(35)22-23(26(33)36)28(22,4)5;/h6-8,12,14,18,22-23,30H,9-11,13H2,1-5H3;1H. The van der Waals surface area contributed by atoms with Crippen LogP contribution in [0.5, 0.6) is 0 Å². The molecular weight excluding hydrogens is 525 g/mol. The van der Waals surface area contributed by atoms with Crippen molar-refractivity contribution in [3.8, 4) is 11.3 Å². The third kappa shape index (κ3) is 4.41. The SMILES string of the molecule is Cc1cc(Cl)cc(-c2ncnn3cc(CN4C(=O)C5C(C4=O)C5(C)C)cc23)c1CC1CNCC(C)(C)O1.Cl. The van der Waals surface area contributed by atoms with Crippen LogP contribution in [0.1, 0.15) is 44.4 Å². The molecule has 6 rings (SSSR count). The van der Waals surface area contributed by atoms with Gasteiger partial charge in [0.15, 0.2) is 0 Å². The molecule has 8 nitrogen and oxygen atoms in total. The van der Waals surface area contributed by atoms with E-state index in [-0.39, 0.29) is 59.7 Å². The van der Waals surface area contributed by atoms with E-state index in [1.54, 1.807) is 4.52 Å². The average molecular weight is 559 g/mol. The zero-order valence-electron chi connectivity index (χ0n) is 22.2. The van der Waals surface area contributed by atoms with Crippen molar-refractivity contribution in [1.82, 2.24) is 24.8 Å². The van der Waals surface area contributed by atoms with E-state index < -0.39 is 0 Å². The Morgan fingerprint density at radius 3 is 2.53 bits per heavy atom. The minimum absolute atomic E-state index is 0. The third-order valence-corrected chi connectivity index (χ3v) is 8.45. The van der Waals surface area contributed by atoms with Gasteiger partial charge in [0.05, 0.1) is 41.3 Å². The van der Waals surface area contributed by atoms with Gasteiger partial charge in [0.25, 0.3) is 0 Å². The highest BCUT2D eigenvalue weighted by Gasteiger charge is 2.72. The molecule has 3 fully saturated rings. The number of likely N-dealkylation sites (tertiary alicyclic amines) is 1. The first kappa shape index (κ1) is 27.1. The number of morpholine rings is 1. The summed E-state index contributed by atoms with van der Waals surface area (Å²) in [6, 6.07) is 5.89. The predicted octanol–water partition coefficient (Wildman–Crippen LogP) is 4.23. The lowest BCUT2D eigenvalue weighted by Crippen LogP contribution is -2.51. The molecule has 2 aromatic heterocycles. The second kappa shape index (κ2) is 9.30. The molecule has 0 bridgehead atoms. The Morgan fingerprint density at radius 2 is 1.84 bits per heavy atom. The number of carbonyl (C=O) groups is 2. The van der Waals surface area contributed by atoms with E-state index in [1.165, 1.54) is 11.2 Å². The van der Waals surface area contributed by atoms with Crippen LogP contribution in [0, 0.1) is 24.2 Å². The number of imide groups is 1. The van der Waals surface area contributed by atoms with Gasteiger partial charge < -0.3 is 10.1 Å². The molecule has 2 aliphatic heterocycles. The first-order valence-corrected chi connectivity index (χ1v) is 13.2. The van der Waals surface area contributed by atoms with Crippen LogP contribution in [-0.2, 0) is 27.3 Å². The first-order valence-electron chi connectivity index (χ1n) is 12.8. The van der Waals surface area contributed by atoms with Crippen LogP contribution in [0.25, 0.3) is 16.8 Å². The molecule has 38 heavy (non-hydrogen) atoms. The summed E-state index contributed by atoms with van der Waals surface area (Å²) in [5.74, 6) is -0.520. The Bertz CT molecular complexity index is 1430. The normalized spacial score (nSPS) is 25.4. The van der Waals surface area contributed by atoms with Gasteiger partial charge in [0.1, 0.15) is 6.33 Å². The molecule has 3 unspecified atom stereocenters. The van der Waals surface area contributed by atoms with Crippen LogP contribution >= 0.6 is 24.0 Å². The first-order chi connectivity index (χ1) is 17.5. The number of fused-ring (bicyclic) bond motifs is 2. The maximum Gasteiger partial charge on any atom is 0.233 e. The monoisotopic (exact) mass is 557 g/mol. The van der Waals surface area contributed by atoms with Gasteiger partial charge in [-0.3, -0.25) is 14.5 Å². The smallest absolute Gasteiger partial charge is 0.233 e. The molecule has 0 spiro atoms. The molecule has 4 heterocycles. The van der Waals surface area contributed by atoms with E-state index >= 15 is 0 Å². The van der Waals surface area contributed by atoms with Crippen LogP contribution in [0.15, 0.2) is 30.7 Å². The topological polar surface area (TPSA) is 88.8 Å². The maximum absolute atomic E-state index is 12.9. The Morgan fingerprint density at radius 1 is 1.13 bits per heavy atom. The van der Waals surface area contributed by atoms with Crippen LogP contribution < -0.4 is 5.32 Å². The van der Waals surface area contributed by atoms with Crippen molar-refractivity contribution < 1.29 is 14.3 Å². The molecule has 202 valence electrons. The van der Waals surface area contributed by atoms with Crippen molar-refractivity contribution >= 4 is 41.3 Å². The van der Waals surface area contributed by atoms with E-state index in [0.29, 0.717) is 11.4 Å². The Balaban J connectivity index is 0.00000294. The number of rotatable bonds is 5. The average Bonchev–Trinajstić information content (AvgIpc) is 3.07. The fourth-order valence-electron chi connectivity index (χ4n) is 6.29. The molecule has 10 heteroatoms. The van der Waals surface area contributed by atoms with Crippen molar-refractivity contribution in [1.29, 1.82) is 0 Å². The Hall–Kier alpha value is -2.52. The van der Waals surface area contributed by atoms with Crippen LogP contribution in [-0.4, -0.2) is 56.1 Å².